The van der Waals surface area contributed by atoms with Gasteiger partial charge in [0.15, 0.2) is 0 Å². The minimum Gasteiger partial charge on any atom is -0.395 e. The van der Waals surface area contributed by atoms with E-state index in [-0.39, 0.29) is 18.5 Å². The molecule has 3 rings (SSSR count). The van der Waals surface area contributed by atoms with Crippen LogP contribution in [0.4, 0.5) is 11.8 Å². The van der Waals surface area contributed by atoms with Crippen LogP contribution in [0.3, 0.4) is 0 Å². The maximum absolute atomic E-state index is 12.8. The second-order valence-electron chi connectivity index (χ2n) is 6.43. The van der Waals surface area contributed by atoms with E-state index in [9.17, 15) is 4.79 Å². The maximum atomic E-state index is 12.8. The highest BCUT2D eigenvalue weighted by molar-refractivity contribution is 5.95. The van der Waals surface area contributed by atoms with Gasteiger partial charge >= 0.3 is 0 Å². The number of aromatic nitrogens is 2. The number of carbonyl (C=O) groups excluding carboxylic acids is 1. The third-order valence-corrected chi connectivity index (χ3v) is 4.46. The number of nitrogen functional groups attached to an aromatic ring is 1. The van der Waals surface area contributed by atoms with Gasteiger partial charge in [-0.25, -0.2) is 4.98 Å². The number of aliphatic hydroxyl groups is 1. The first-order valence-corrected chi connectivity index (χ1v) is 9.06. The summed E-state index contributed by atoms with van der Waals surface area (Å²) in [6.07, 6.45) is 4.50. The van der Waals surface area contributed by atoms with Crippen LogP contribution < -0.4 is 11.1 Å². The van der Waals surface area contributed by atoms with Crippen LogP contribution in [0.25, 0.3) is 11.3 Å². The van der Waals surface area contributed by atoms with Gasteiger partial charge in [-0.3, -0.25) is 4.79 Å². The maximum Gasteiger partial charge on any atom is 0.253 e. The van der Waals surface area contributed by atoms with Crippen molar-refractivity contribution < 1.29 is 9.90 Å². The van der Waals surface area contributed by atoms with Crippen molar-refractivity contribution in [3.8, 4) is 11.3 Å². The van der Waals surface area contributed by atoms with Crippen LogP contribution in [0.5, 0.6) is 0 Å². The van der Waals surface area contributed by atoms with Crippen LogP contribution in [0, 0.1) is 0 Å². The molecule has 0 radical (unpaired) electrons. The number of rotatable bonds is 5. The number of nitrogens with one attached hydrogen (secondary N) is 1. The van der Waals surface area contributed by atoms with E-state index in [1.807, 2.05) is 29.2 Å². The van der Waals surface area contributed by atoms with Crippen molar-refractivity contribution >= 4 is 17.7 Å². The van der Waals surface area contributed by atoms with E-state index < -0.39 is 0 Å². The number of amides is 1. The molecule has 26 heavy (non-hydrogen) atoms. The average Bonchev–Trinajstić information content (AvgIpc) is 2.95. The van der Waals surface area contributed by atoms with E-state index in [0.717, 1.165) is 31.5 Å². The van der Waals surface area contributed by atoms with Gasteiger partial charge in [0, 0.05) is 36.8 Å². The first-order valence-electron chi connectivity index (χ1n) is 9.06. The molecule has 0 saturated carbocycles. The monoisotopic (exact) mass is 355 g/mol. The Balaban J connectivity index is 1.84. The molecule has 7 heteroatoms. The summed E-state index contributed by atoms with van der Waals surface area (Å²) >= 11 is 0. The predicted octanol–water partition coefficient (Wildman–Crippen LogP) is 2.15. The third kappa shape index (κ3) is 4.49. The van der Waals surface area contributed by atoms with Crippen molar-refractivity contribution in [2.24, 2.45) is 0 Å². The van der Waals surface area contributed by atoms with Gasteiger partial charge in [0.2, 0.25) is 5.95 Å². The normalized spacial score (nSPS) is 14.7. The first kappa shape index (κ1) is 18.1. The minimum atomic E-state index is -0.000930. The zero-order chi connectivity index (χ0) is 18.4. The molecule has 7 nitrogen and oxygen atoms in total. The lowest BCUT2D eigenvalue weighted by Crippen LogP contribution is -2.31. The molecular weight excluding hydrogens is 330 g/mol. The number of nitrogens with two attached hydrogens (primary N) is 1. The van der Waals surface area contributed by atoms with E-state index in [0.29, 0.717) is 23.6 Å². The second-order valence-corrected chi connectivity index (χ2v) is 6.43. The van der Waals surface area contributed by atoms with Gasteiger partial charge in [-0.05, 0) is 25.0 Å². The summed E-state index contributed by atoms with van der Waals surface area (Å²) in [5.41, 5.74) is 7.91. The number of anilines is 2. The van der Waals surface area contributed by atoms with Crippen molar-refractivity contribution in [1.82, 2.24) is 14.9 Å². The van der Waals surface area contributed by atoms with E-state index >= 15 is 0 Å². The number of likely N-dealkylation sites (tertiary alicyclic amines) is 1. The SMILES string of the molecule is Nc1nc(NCCO)cc(-c2cccc(C(=O)N3CCCCCC3)c2)n1. The molecule has 0 spiro atoms. The Morgan fingerprint density at radius 3 is 2.65 bits per heavy atom. The fourth-order valence-corrected chi connectivity index (χ4v) is 3.16. The highest BCUT2D eigenvalue weighted by Crippen LogP contribution is 2.23. The summed E-state index contributed by atoms with van der Waals surface area (Å²) in [5.74, 6) is 0.757. The standard InChI is InChI=1S/C19H25N5O2/c20-19-22-16(13-17(23-19)21-8-11-25)14-6-5-7-15(12-14)18(26)24-9-3-1-2-4-10-24/h5-7,12-13,25H,1-4,8-11H2,(H3,20,21,22,23). The summed E-state index contributed by atoms with van der Waals surface area (Å²) in [6, 6.07) is 9.22. The number of carbonyl (C=O) groups is 1. The van der Waals surface area contributed by atoms with Crippen LogP contribution in [0.15, 0.2) is 30.3 Å². The molecular formula is C19H25N5O2. The summed E-state index contributed by atoms with van der Waals surface area (Å²) < 4.78 is 0. The molecule has 1 aromatic carbocycles. The molecule has 1 aliphatic rings. The van der Waals surface area contributed by atoms with Crippen molar-refractivity contribution in [2.45, 2.75) is 25.7 Å². The highest BCUT2D eigenvalue weighted by Gasteiger charge is 2.18. The van der Waals surface area contributed by atoms with Crippen LogP contribution >= 0.6 is 0 Å². The number of nitrogens with zero attached hydrogens (tertiary/aromatic N) is 3. The molecule has 138 valence electrons. The number of hydrogen-bond acceptors (Lipinski definition) is 6. The van der Waals surface area contributed by atoms with Crippen LogP contribution in [-0.2, 0) is 0 Å². The predicted molar refractivity (Wildman–Crippen MR) is 102 cm³/mol. The lowest BCUT2D eigenvalue weighted by Gasteiger charge is -2.20. The fourth-order valence-electron chi connectivity index (χ4n) is 3.16. The number of benzene rings is 1. The van der Waals surface area contributed by atoms with E-state index in [1.54, 1.807) is 6.07 Å². The topological polar surface area (TPSA) is 104 Å². The summed E-state index contributed by atoms with van der Waals surface area (Å²) in [6.45, 7) is 2.01. The van der Waals surface area contributed by atoms with Crippen molar-refractivity contribution in [2.75, 3.05) is 37.3 Å². The largest absolute Gasteiger partial charge is 0.395 e. The Bertz CT molecular complexity index is 757. The molecule has 0 aliphatic carbocycles. The molecule has 0 atom stereocenters. The van der Waals surface area contributed by atoms with Gasteiger partial charge in [0.25, 0.3) is 5.91 Å². The Morgan fingerprint density at radius 2 is 1.92 bits per heavy atom. The zero-order valence-corrected chi connectivity index (χ0v) is 14.8. The molecule has 1 saturated heterocycles. The Hall–Kier alpha value is -2.67. The second kappa shape index (κ2) is 8.62. The third-order valence-electron chi connectivity index (χ3n) is 4.46. The molecule has 0 bridgehead atoms. The quantitative estimate of drug-likeness (QED) is 0.759. The van der Waals surface area contributed by atoms with Crippen molar-refractivity contribution in [3.63, 3.8) is 0 Å². The Kier molecular flexibility index (Phi) is 6.01. The molecule has 1 aliphatic heterocycles. The average molecular weight is 355 g/mol. The lowest BCUT2D eigenvalue weighted by atomic mass is 10.1. The van der Waals surface area contributed by atoms with Gasteiger partial charge in [0.05, 0.1) is 12.3 Å². The van der Waals surface area contributed by atoms with Crippen molar-refractivity contribution in [3.05, 3.63) is 35.9 Å². The Labute approximate surface area is 153 Å². The van der Waals surface area contributed by atoms with Gasteiger partial charge < -0.3 is 21.1 Å². The van der Waals surface area contributed by atoms with Gasteiger partial charge in [-0.1, -0.05) is 25.0 Å². The zero-order valence-electron chi connectivity index (χ0n) is 14.8. The first-order chi connectivity index (χ1) is 12.7. The van der Waals surface area contributed by atoms with Crippen molar-refractivity contribution in [1.29, 1.82) is 0 Å². The van der Waals surface area contributed by atoms with E-state index in [1.165, 1.54) is 12.8 Å². The van der Waals surface area contributed by atoms with Crippen LogP contribution in [0.2, 0.25) is 0 Å². The minimum absolute atomic E-state index is 0.000930. The molecule has 2 aromatic rings. The Morgan fingerprint density at radius 1 is 1.15 bits per heavy atom. The molecule has 2 heterocycles. The molecule has 1 fully saturated rings. The van der Waals surface area contributed by atoms with Gasteiger partial charge in [-0.15, -0.1) is 0 Å². The lowest BCUT2D eigenvalue weighted by molar-refractivity contribution is 0.0761. The van der Waals surface area contributed by atoms with Crippen LogP contribution in [0.1, 0.15) is 36.0 Å². The number of hydrogen-bond donors (Lipinski definition) is 3. The van der Waals surface area contributed by atoms with Gasteiger partial charge in [-0.2, -0.15) is 4.98 Å². The van der Waals surface area contributed by atoms with Gasteiger partial charge in [0.1, 0.15) is 5.82 Å². The smallest absolute Gasteiger partial charge is 0.253 e. The summed E-state index contributed by atoms with van der Waals surface area (Å²) in [5, 5.41) is 11.9. The van der Waals surface area contributed by atoms with E-state index in [4.69, 9.17) is 10.8 Å². The summed E-state index contributed by atoms with van der Waals surface area (Å²) in [4.78, 5) is 23.2. The molecule has 4 N–H and O–H groups in total. The van der Waals surface area contributed by atoms with E-state index in [2.05, 4.69) is 15.3 Å². The summed E-state index contributed by atoms with van der Waals surface area (Å²) in [7, 11) is 0. The fraction of sp³-hybridized carbons (Fsp3) is 0.421. The molecule has 0 unspecified atom stereocenters. The molecule has 1 amide bonds. The molecule has 1 aromatic heterocycles. The van der Waals surface area contributed by atoms with Crippen LogP contribution in [-0.4, -0.2) is 52.1 Å². The highest BCUT2D eigenvalue weighted by atomic mass is 16.3. The number of aliphatic hydroxyl groups excluding tert-OH is 1.